The lowest BCUT2D eigenvalue weighted by Crippen LogP contribution is -2.10. The van der Waals surface area contributed by atoms with Crippen LogP contribution in [0.4, 0.5) is 17.6 Å². The maximum atomic E-state index is 14.9. The Morgan fingerprint density at radius 3 is 2.33 bits per heavy atom. The van der Waals surface area contributed by atoms with Crippen LogP contribution >= 0.6 is 0 Å². The fourth-order valence-corrected chi connectivity index (χ4v) is 3.70. The zero-order chi connectivity index (χ0) is 21.4. The van der Waals surface area contributed by atoms with Crippen LogP contribution in [0.25, 0.3) is 11.1 Å². The van der Waals surface area contributed by atoms with Gasteiger partial charge in [0.05, 0.1) is 6.61 Å². The first kappa shape index (κ1) is 20.3. The minimum Gasteiger partial charge on any atom is -0.491 e. The lowest BCUT2D eigenvalue weighted by molar-refractivity contribution is 0.310. The third-order valence-electron chi connectivity index (χ3n) is 5.15. The fraction of sp³-hybridized carbons (Fsp3) is 0.250. The molecule has 0 bridgehead atoms. The summed E-state index contributed by atoms with van der Waals surface area (Å²) in [6.45, 7) is 3.90. The number of halogens is 4. The molecule has 0 N–H and O–H groups in total. The first-order valence-corrected chi connectivity index (χ1v) is 9.86. The van der Waals surface area contributed by atoms with Crippen LogP contribution in [0.5, 0.6) is 17.2 Å². The Kier molecular flexibility index (Phi) is 5.41. The Morgan fingerprint density at radius 1 is 0.867 bits per heavy atom. The second-order valence-electron chi connectivity index (χ2n) is 7.17. The number of benzene rings is 3. The Balaban J connectivity index is 1.77. The van der Waals surface area contributed by atoms with Gasteiger partial charge in [0.25, 0.3) is 0 Å². The second kappa shape index (κ2) is 8.01. The summed E-state index contributed by atoms with van der Waals surface area (Å²) in [4.78, 5) is 0. The summed E-state index contributed by atoms with van der Waals surface area (Å²) in [6, 6.07) is 8.91. The molecule has 30 heavy (non-hydrogen) atoms. The van der Waals surface area contributed by atoms with Gasteiger partial charge in [-0.25, -0.2) is 8.78 Å². The van der Waals surface area contributed by atoms with Crippen molar-refractivity contribution in [3.8, 4) is 28.4 Å². The van der Waals surface area contributed by atoms with E-state index in [2.05, 4.69) is 0 Å². The standard InChI is InChI=1S/C24H20F4O2/c1-3-5-13-6-7-14(12-18(13)25)17-11-16-10-15-8-9-19(29-4-2)21(27)23(15)30-24(16)22(28)20(17)26/h6-9,11-12H,3-5,10H2,1-2H3. The van der Waals surface area contributed by atoms with Crippen molar-refractivity contribution in [2.75, 3.05) is 6.61 Å². The molecule has 0 atom stereocenters. The SMILES string of the molecule is CCCc1ccc(-c2cc3c(c(F)c2F)Oc2c(ccc(OCC)c2F)C3)cc1F. The Hall–Kier alpha value is -3.02. The second-order valence-corrected chi connectivity index (χ2v) is 7.17. The molecule has 3 aromatic carbocycles. The molecule has 0 unspecified atom stereocenters. The molecule has 0 saturated carbocycles. The molecule has 1 heterocycles. The fourth-order valence-electron chi connectivity index (χ4n) is 3.70. The monoisotopic (exact) mass is 416 g/mol. The molecular weight excluding hydrogens is 396 g/mol. The molecule has 4 rings (SSSR count). The molecule has 0 radical (unpaired) electrons. The van der Waals surface area contributed by atoms with Gasteiger partial charge >= 0.3 is 0 Å². The molecule has 1 aliphatic heterocycles. The number of ether oxygens (including phenoxy) is 2. The minimum absolute atomic E-state index is 0.0140. The lowest BCUT2D eigenvalue weighted by Gasteiger charge is -2.23. The van der Waals surface area contributed by atoms with Crippen molar-refractivity contribution < 1.29 is 27.0 Å². The maximum Gasteiger partial charge on any atom is 0.207 e. The summed E-state index contributed by atoms with van der Waals surface area (Å²) in [5.41, 5.74) is 1.54. The van der Waals surface area contributed by atoms with E-state index in [4.69, 9.17) is 9.47 Å². The van der Waals surface area contributed by atoms with Crippen LogP contribution in [0.3, 0.4) is 0 Å². The Morgan fingerprint density at radius 2 is 1.63 bits per heavy atom. The summed E-state index contributed by atoms with van der Waals surface area (Å²) in [7, 11) is 0. The van der Waals surface area contributed by atoms with Crippen molar-refractivity contribution in [3.63, 3.8) is 0 Å². The normalized spacial score (nSPS) is 12.2. The number of hydrogen-bond donors (Lipinski definition) is 0. The smallest absolute Gasteiger partial charge is 0.207 e. The Labute approximate surface area is 172 Å². The highest BCUT2D eigenvalue weighted by Gasteiger charge is 2.29. The van der Waals surface area contributed by atoms with Crippen LogP contribution in [0, 0.1) is 23.3 Å². The molecule has 0 amide bonds. The van der Waals surface area contributed by atoms with Crippen LogP contribution in [0.1, 0.15) is 37.0 Å². The number of fused-ring (bicyclic) bond motifs is 2. The van der Waals surface area contributed by atoms with E-state index in [0.29, 0.717) is 23.1 Å². The molecule has 0 aliphatic carbocycles. The first-order chi connectivity index (χ1) is 14.4. The van der Waals surface area contributed by atoms with E-state index in [9.17, 15) is 17.6 Å². The highest BCUT2D eigenvalue weighted by molar-refractivity contribution is 5.69. The summed E-state index contributed by atoms with van der Waals surface area (Å²) >= 11 is 0. The van der Waals surface area contributed by atoms with Gasteiger partial charge in [0, 0.05) is 23.1 Å². The van der Waals surface area contributed by atoms with Gasteiger partial charge < -0.3 is 9.47 Å². The van der Waals surface area contributed by atoms with Gasteiger partial charge in [-0.2, -0.15) is 8.78 Å². The summed E-state index contributed by atoms with van der Waals surface area (Å²) < 4.78 is 69.3. The van der Waals surface area contributed by atoms with E-state index in [1.54, 1.807) is 25.1 Å². The van der Waals surface area contributed by atoms with E-state index >= 15 is 0 Å². The van der Waals surface area contributed by atoms with Crippen molar-refractivity contribution in [2.24, 2.45) is 0 Å². The van der Waals surface area contributed by atoms with Gasteiger partial charge in [0.15, 0.2) is 23.1 Å². The van der Waals surface area contributed by atoms with E-state index in [0.717, 1.165) is 6.42 Å². The van der Waals surface area contributed by atoms with Crippen molar-refractivity contribution >= 4 is 0 Å². The van der Waals surface area contributed by atoms with Gasteiger partial charge in [0.2, 0.25) is 11.6 Å². The molecule has 3 aromatic rings. The van der Waals surface area contributed by atoms with Gasteiger partial charge in [-0.1, -0.05) is 31.5 Å². The topological polar surface area (TPSA) is 18.5 Å². The zero-order valence-electron chi connectivity index (χ0n) is 16.6. The van der Waals surface area contributed by atoms with Crippen LogP contribution in [0.15, 0.2) is 36.4 Å². The van der Waals surface area contributed by atoms with Crippen molar-refractivity contribution in [2.45, 2.75) is 33.1 Å². The van der Waals surface area contributed by atoms with Gasteiger partial charge in [-0.15, -0.1) is 0 Å². The summed E-state index contributed by atoms with van der Waals surface area (Å²) in [5, 5.41) is 0. The third kappa shape index (κ3) is 3.40. The van der Waals surface area contributed by atoms with Crippen LogP contribution in [-0.2, 0) is 12.8 Å². The van der Waals surface area contributed by atoms with Crippen molar-refractivity contribution in [1.82, 2.24) is 0 Å². The molecule has 1 aliphatic rings. The number of aryl methyl sites for hydroxylation is 1. The van der Waals surface area contributed by atoms with Gasteiger partial charge in [-0.05, 0) is 42.7 Å². The van der Waals surface area contributed by atoms with Gasteiger partial charge in [0.1, 0.15) is 5.82 Å². The minimum atomic E-state index is -1.23. The highest BCUT2D eigenvalue weighted by Crippen LogP contribution is 2.44. The van der Waals surface area contributed by atoms with Crippen LogP contribution < -0.4 is 9.47 Å². The molecule has 0 spiro atoms. The summed E-state index contributed by atoms with van der Waals surface area (Å²) in [6.07, 6.45) is 1.48. The molecular formula is C24H20F4O2. The lowest BCUT2D eigenvalue weighted by atomic mass is 9.94. The van der Waals surface area contributed by atoms with Crippen molar-refractivity contribution in [1.29, 1.82) is 0 Å². The van der Waals surface area contributed by atoms with E-state index in [1.807, 2.05) is 6.92 Å². The van der Waals surface area contributed by atoms with Crippen LogP contribution in [0.2, 0.25) is 0 Å². The predicted molar refractivity (Wildman–Crippen MR) is 106 cm³/mol. The first-order valence-electron chi connectivity index (χ1n) is 9.86. The van der Waals surface area contributed by atoms with E-state index < -0.39 is 23.3 Å². The van der Waals surface area contributed by atoms with Crippen LogP contribution in [-0.4, -0.2) is 6.61 Å². The van der Waals surface area contributed by atoms with E-state index in [1.165, 1.54) is 18.2 Å². The average Bonchev–Trinajstić information content (AvgIpc) is 2.74. The largest absolute Gasteiger partial charge is 0.491 e. The molecule has 156 valence electrons. The molecule has 0 fully saturated rings. The molecule has 2 nitrogen and oxygen atoms in total. The summed E-state index contributed by atoms with van der Waals surface area (Å²) in [5.74, 6) is -4.15. The predicted octanol–water partition coefficient (Wildman–Crippen LogP) is 6.96. The van der Waals surface area contributed by atoms with E-state index in [-0.39, 0.29) is 41.4 Å². The maximum absolute atomic E-state index is 14.9. The van der Waals surface area contributed by atoms with Crippen molar-refractivity contribution in [3.05, 3.63) is 76.4 Å². The zero-order valence-corrected chi connectivity index (χ0v) is 16.6. The molecule has 0 saturated heterocycles. The number of rotatable bonds is 5. The highest BCUT2D eigenvalue weighted by atomic mass is 19.2. The average molecular weight is 416 g/mol. The Bertz CT molecular complexity index is 1120. The van der Waals surface area contributed by atoms with Gasteiger partial charge in [-0.3, -0.25) is 0 Å². The quantitative estimate of drug-likeness (QED) is 0.328. The third-order valence-corrected chi connectivity index (χ3v) is 5.15. The molecule has 0 aromatic heterocycles. The number of hydrogen-bond acceptors (Lipinski definition) is 2. The molecule has 6 heteroatoms.